The predicted octanol–water partition coefficient (Wildman–Crippen LogP) is 2.87. The average Bonchev–Trinajstić information content (AvgIpc) is 2.87. The van der Waals surface area contributed by atoms with Crippen LogP contribution in [0.5, 0.6) is 11.5 Å². The molecule has 1 N–H and O–H groups in total. The molecule has 12 heteroatoms. The molecule has 0 saturated carbocycles. The lowest BCUT2D eigenvalue weighted by Gasteiger charge is -2.19. The first-order chi connectivity index (χ1) is 17.1. The largest absolute Gasteiger partial charge is 0.486 e. The molecule has 0 aliphatic carbocycles. The summed E-state index contributed by atoms with van der Waals surface area (Å²) < 4.78 is 69.8. The van der Waals surface area contributed by atoms with E-state index in [1.54, 1.807) is 12.1 Å². The topological polar surface area (TPSA) is 128 Å². The third-order valence-electron chi connectivity index (χ3n) is 5.24. The van der Waals surface area contributed by atoms with Crippen LogP contribution >= 0.6 is 0 Å². The van der Waals surface area contributed by atoms with Crippen LogP contribution in [0.15, 0.2) is 76.5 Å². The van der Waals surface area contributed by atoms with E-state index in [-0.39, 0.29) is 27.6 Å². The Morgan fingerprint density at radius 2 is 1.58 bits per heavy atom. The fourth-order valence-corrected chi connectivity index (χ4v) is 5.36. The number of nitrogens with zero attached hydrogens (tertiary/aromatic N) is 1. The number of hydrogen-bond acceptors (Lipinski definition) is 8. The number of fused-ring (bicyclic) bond motifs is 1. The molecule has 0 spiro atoms. The molecule has 0 radical (unpaired) electrons. The highest BCUT2D eigenvalue weighted by Crippen LogP contribution is 2.32. The Balaban J connectivity index is 1.40. The monoisotopic (exact) mass is 532 g/mol. The van der Waals surface area contributed by atoms with Crippen LogP contribution in [0.2, 0.25) is 0 Å². The highest BCUT2D eigenvalue weighted by molar-refractivity contribution is 7.92. The summed E-state index contributed by atoms with van der Waals surface area (Å²) in [5.74, 6) is 0.193. The van der Waals surface area contributed by atoms with Crippen LogP contribution in [-0.2, 0) is 31.4 Å². The predicted molar refractivity (Wildman–Crippen MR) is 131 cm³/mol. The summed E-state index contributed by atoms with van der Waals surface area (Å²) in [5.41, 5.74) is 0.965. The molecule has 0 atom stereocenters. The van der Waals surface area contributed by atoms with Crippen molar-refractivity contribution in [1.82, 2.24) is 4.31 Å². The van der Waals surface area contributed by atoms with Crippen molar-refractivity contribution in [3.63, 3.8) is 0 Å². The van der Waals surface area contributed by atoms with E-state index in [1.807, 2.05) is 0 Å². The number of esters is 1. The van der Waals surface area contributed by atoms with E-state index < -0.39 is 26.0 Å². The summed E-state index contributed by atoms with van der Waals surface area (Å²) in [4.78, 5) is 12.6. The van der Waals surface area contributed by atoms with Gasteiger partial charge >= 0.3 is 5.97 Å². The van der Waals surface area contributed by atoms with Crippen LogP contribution in [-0.4, -0.2) is 54.4 Å². The Bertz CT molecular complexity index is 1480. The zero-order valence-electron chi connectivity index (χ0n) is 19.5. The highest BCUT2D eigenvalue weighted by atomic mass is 32.2. The number of carbonyl (C=O) groups excluding carboxylic acids is 1. The number of carbonyl (C=O) groups is 1. The maximum atomic E-state index is 12.8. The number of benzene rings is 3. The molecule has 1 aliphatic rings. The molecule has 10 nitrogen and oxygen atoms in total. The van der Waals surface area contributed by atoms with Crippen LogP contribution < -0.4 is 14.2 Å². The molecule has 3 aromatic rings. The third kappa shape index (κ3) is 5.61. The van der Waals surface area contributed by atoms with E-state index in [1.165, 1.54) is 68.7 Å². The Morgan fingerprint density at radius 1 is 0.889 bits per heavy atom. The molecule has 36 heavy (non-hydrogen) atoms. The van der Waals surface area contributed by atoms with Crippen LogP contribution in [0.4, 0.5) is 5.69 Å². The van der Waals surface area contributed by atoms with Crippen LogP contribution in [0.1, 0.15) is 15.9 Å². The summed E-state index contributed by atoms with van der Waals surface area (Å²) in [7, 11) is -4.65. The van der Waals surface area contributed by atoms with Gasteiger partial charge in [-0.2, -0.15) is 0 Å². The second-order valence-corrected chi connectivity index (χ2v) is 11.8. The van der Waals surface area contributed by atoms with Gasteiger partial charge in [-0.1, -0.05) is 12.1 Å². The molecule has 0 aromatic heterocycles. The van der Waals surface area contributed by atoms with Crippen molar-refractivity contribution in [3.8, 4) is 11.5 Å². The summed E-state index contributed by atoms with van der Waals surface area (Å²) in [6, 6.07) is 16.2. The molecular formula is C24H24N2O8S2. The minimum absolute atomic E-state index is 0.00810. The normalized spacial score (nSPS) is 13.3. The van der Waals surface area contributed by atoms with Crippen molar-refractivity contribution in [2.75, 3.05) is 32.0 Å². The van der Waals surface area contributed by atoms with Gasteiger partial charge in [0.15, 0.2) is 11.5 Å². The van der Waals surface area contributed by atoms with Gasteiger partial charge in [-0.25, -0.2) is 25.9 Å². The number of rotatable bonds is 8. The summed E-state index contributed by atoms with van der Waals surface area (Å²) in [6.07, 6.45) is 0. The Morgan fingerprint density at radius 3 is 2.28 bits per heavy atom. The molecule has 0 amide bonds. The smallest absolute Gasteiger partial charge is 0.338 e. The number of nitrogens with one attached hydrogen (secondary N) is 1. The SMILES string of the molecule is CN(C)S(=O)(=O)c1cccc(COC(=O)c2ccc(NS(=O)(=O)c3ccc4c(c3)OCCO4)cc2)c1. The zero-order chi connectivity index (χ0) is 25.9. The van der Waals surface area contributed by atoms with E-state index in [9.17, 15) is 21.6 Å². The number of hydrogen-bond donors (Lipinski definition) is 1. The zero-order valence-corrected chi connectivity index (χ0v) is 21.1. The van der Waals surface area contributed by atoms with Crippen LogP contribution in [0, 0.1) is 0 Å². The molecule has 190 valence electrons. The lowest BCUT2D eigenvalue weighted by Crippen LogP contribution is -2.22. The van der Waals surface area contributed by atoms with Crippen LogP contribution in [0.3, 0.4) is 0 Å². The molecule has 0 bridgehead atoms. The van der Waals surface area contributed by atoms with Gasteiger partial charge in [-0.05, 0) is 54.1 Å². The van der Waals surface area contributed by atoms with E-state index in [0.29, 0.717) is 30.3 Å². The quantitative estimate of drug-likeness (QED) is 0.439. The Kier molecular flexibility index (Phi) is 7.20. The van der Waals surface area contributed by atoms with Crippen molar-refractivity contribution in [3.05, 3.63) is 77.9 Å². The third-order valence-corrected chi connectivity index (χ3v) is 8.43. The van der Waals surface area contributed by atoms with Gasteiger partial charge in [0.1, 0.15) is 19.8 Å². The summed E-state index contributed by atoms with van der Waals surface area (Å²) >= 11 is 0. The summed E-state index contributed by atoms with van der Waals surface area (Å²) in [6.45, 7) is 0.604. The first-order valence-electron chi connectivity index (χ1n) is 10.8. The second kappa shape index (κ2) is 10.2. The van der Waals surface area contributed by atoms with Gasteiger partial charge in [0, 0.05) is 25.8 Å². The van der Waals surface area contributed by atoms with Gasteiger partial charge in [-0.15, -0.1) is 0 Å². The van der Waals surface area contributed by atoms with Gasteiger partial charge < -0.3 is 14.2 Å². The first-order valence-corrected chi connectivity index (χ1v) is 13.7. The number of anilines is 1. The lowest BCUT2D eigenvalue weighted by molar-refractivity contribution is 0.0472. The molecule has 0 fully saturated rings. The number of ether oxygens (including phenoxy) is 3. The fraction of sp³-hybridized carbons (Fsp3) is 0.208. The lowest BCUT2D eigenvalue weighted by atomic mass is 10.2. The van der Waals surface area contributed by atoms with Gasteiger partial charge in [0.2, 0.25) is 10.0 Å². The van der Waals surface area contributed by atoms with Crippen molar-refractivity contribution in [2.45, 2.75) is 16.4 Å². The molecule has 4 rings (SSSR count). The Labute approximate surface area is 209 Å². The van der Waals surface area contributed by atoms with Crippen LogP contribution in [0.25, 0.3) is 0 Å². The first kappa shape index (κ1) is 25.5. The molecule has 3 aromatic carbocycles. The Hall–Kier alpha value is -3.61. The van der Waals surface area contributed by atoms with Gasteiger partial charge in [-0.3, -0.25) is 4.72 Å². The van der Waals surface area contributed by atoms with E-state index in [0.717, 1.165) is 4.31 Å². The molecule has 1 heterocycles. The average molecular weight is 533 g/mol. The molecule has 0 unspecified atom stereocenters. The molecule has 0 saturated heterocycles. The van der Waals surface area contributed by atoms with E-state index in [2.05, 4.69) is 4.72 Å². The maximum Gasteiger partial charge on any atom is 0.338 e. The maximum absolute atomic E-state index is 12.8. The second-order valence-electron chi connectivity index (χ2n) is 8.00. The molecule has 1 aliphatic heterocycles. The van der Waals surface area contributed by atoms with E-state index in [4.69, 9.17) is 14.2 Å². The van der Waals surface area contributed by atoms with Crippen molar-refractivity contribution in [2.24, 2.45) is 0 Å². The van der Waals surface area contributed by atoms with Gasteiger partial charge in [0.25, 0.3) is 10.0 Å². The highest BCUT2D eigenvalue weighted by Gasteiger charge is 2.20. The van der Waals surface area contributed by atoms with Crippen molar-refractivity contribution >= 4 is 31.7 Å². The minimum atomic E-state index is -3.90. The minimum Gasteiger partial charge on any atom is -0.486 e. The standard InChI is InChI=1S/C24H24N2O8S2/c1-26(2)36(30,31)21-5-3-4-17(14-21)16-34-24(27)18-6-8-19(9-7-18)25-35(28,29)20-10-11-22-23(15-20)33-13-12-32-22/h3-11,14-15,25H,12-13,16H2,1-2H3. The van der Waals surface area contributed by atoms with E-state index >= 15 is 0 Å². The van der Waals surface area contributed by atoms with Crippen molar-refractivity contribution in [1.29, 1.82) is 0 Å². The van der Waals surface area contributed by atoms with Crippen molar-refractivity contribution < 1.29 is 35.8 Å². The van der Waals surface area contributed by atoms with Gasteiger partial charge in [0.05, 0.1) is 15.4 Å². The fourth-order valence-electron chi connectivity index (χ4n) is 3.32. The summed E-state index contributed by atoms with van der Waals surface area (Å²) in [5, 5.41) is 0. The molecular weight excluding hydrogens is 508 g/mol. The number of sulfonamides is 2.